The topological polar surface area (TPSA) is 42.0 Å². The number of rotatable bonds is 18. The third-order valence-electron chi connectivity index (χ3n) is 8.41. The molecule has 0 spiro atoms. The molecule has 0 radical (unpaired) electrons. The molecule has 1 aliphatic rings. The Labute approximate surface area is 254 Å². The SMILES string of the molecule is CCC[CH2][Sn]([CH2]CCC)([CH2]CCC)[C@@H](CN(C/C=C/CCl)Cc1ccccc1)OC(=O)N1C(C)(C)COC1(C)C. The fourth-order valence-electron chi connectivity index (χ4n) is 6.22. The molecule has 1 heterocycles. The van der Waals surface area contributed by atoms with Crippen LogP contribution in [0.2, 0.25) is 13.3 Å². The van der Waals surface area contributed by atoms with Gasteiger partial charge in [-0.15, -0.1) is 0 Å². The van der Waals surface area contributed by atoms with Crippen molar-refractivity contribution in [3.8, 4) is 0 Å². The number of amides is 1. The summed E-state index contributed by atoms with van der Waals surface area (Å²) in [7, 11) is 0. The third kappa shape index (κ3) is 10.5. The van der Waals surface area contributed by atoms with Crippen LogP contribution in [0.25, 0.3) is 0 Å². The Morgan fingerprint density at radius 3 is 2.08 bits per heavy atom. The minimum absolute atomic E-state index is 0.0215. The van der Waals surface area contributed by atoms with Crippen molar-refractivity contribution in [3.63, 3.8) is 0 Å². The Morgan fingerprint density at radius 2 is 1.60 bits per heavy atom. The number of halogens is 1. The number of nitrogens with zero attached hydrogens (tertiary/aromatic N) is 2. The number of carbonyl (C=O) groups is 1. The average Bonchev–Trinajstić information content (AvgIpc) is 3.15. The first kappa shape index (κ1) is 35.4. The Kier molecular flexibility index (Phi) is 15.4. The molecule has 1 atom stereocenters. The van der Waals surface area contributed by atoms with E-state index in [0.717, 1.165) is 19.6 Å². The average molecular weight is 684 g/mol. The zero-order valence-corrected chi connectivity index (χ0v) is 30.1. The maximum absolute atomic E-state index is 14.2. The van der Waals surface area contributed by atoms with Crippen molar-refractivity contribution in [2.75, 3.05) is 25.6 Å². The second-order valence-corrected chi connectivity index (χ2v) is 26.9. The molecule has 0 N–H and O–H groups in total. The Balaban J connectivity index is 2.53. The zero-order chi connectivity index (χ0) is 29.7. The molecule has 1 fully saturated rings. The van der Waals surface area contributed by atoms with Crippen molar-refractivity contribution in [2.24, 2.45) is 0 Å². The van der Waals surface area contributed by atoms with Crippen LogP contribution in [0.4, 0.5) is 4.79 Å². The summed E-state index contributed by atoms with van der Waals surface area (Å²) >= 11 is 2.98. The van der Waals surface area contributed by atoms with Crippen LogP contribution in [0.3, 0.4) is 0 Å². The number of allylic oxidation sites excluding steroid dienone is 1. The van der Waals surface area contributed by atoms with Crippen molar-refractivity contribution in [3.05, 3.63) is 48.0 Å². The zero-order valence-electron chi connectivity index (χ0n) is 26.5. The molecular formula is C33H57ClN2O3Sn. The first-order chi connectivity index (χ1) is 19.0. The molecule has 0 bridgehead atoms. The molecule has 1 saturated heterocycles. The molecule has 1 amide bonds. The van der Waals surface area contributed by atoms with E-state index in [1.54, 1.807) is 0 Å². The van der Waals surface area contributed by atoms with E-state index >= 15 is 0 Å². The molecule has 1 aromatic rings. The van der Waals surface area contributed by atoms with E-state index in [1.807, 2.05) is 24.8 Å². The molecule has 0 unspecified atom stereocenters. The standard InChI is InChI=1S/C21H30ClN2O3.3C4H9.Sn/c1-20(2)17-27-21(3,4)24(20)19(25)26-15-14-23(13-9-8-12-22)16-18-10-6-5-7-11-18;3*1-3-4-2;/h5-11,15H,12-14,16-17H2,1-4H3;3*1,3-4H2,2H3;/b9-8+;;;;. The number of hydrogen-bond acceptors (Lipinski definition) is 4. The van der Waals surface area contributed by atoms with E-state index in [1.165, 1.54) is 57.4 Å². The summed E-state index contributed by atoms with van der Waals surface area (Å²) in [5.74, 6) is 0.503. The van der Waals surface area contributed by atoms with Crippen LogP contribution in [0.5, 0.6) is 0 Å². The summed E-state index contributed by atoms with van der Waals surface area (Å²) < 4.78 is 16.8. The number of benzene rings is 1. The molecule has 0 aliphatic carbocycles. The first-order valence-electron chi connectivity index (χ1n) is 15.7. The van der Waals surface area contributed by atoms with Crippen LogP contribution >= 0.6 is 11.6 Å². The maximum atomic E-state index is 14.2. The molecule has 0 saturated carbocycles. The van der Waals surface area contributed by atoms with Crippen LogP contribution in [0, 0.1) is 0 Å². The van der Waals surface area contributed by atoms with Crippen molar-refractivity contribution in [1.29, 1.82) is 0 Å². The molecule has 7 heteroatoms. The van der Waals surface area contributed by atoms with Gasteiger partial charge in [-0.1, -0.05) is 0 Å². The van der Waals surface area contributed by atoms with Gasteiger partial charge in [-0.05, 0) is 0 Å². The Hall–Kier alpha value is -0.761. The molecule has 2 rings (SSSR count). The van der Waals surface area contributed by atoms with Gasteiger partial charge in [0.1, 0.15) is 0 Å². The Morgan fingerprint density at radius 1 is 1.02 bits per heavy atom. The first-order valence-corrected chi connectivity index (χ1v) is 23.9. The van der Waals surface area contributed by atoms with E-state index < -0.39 is 29.6 Å². The number of ether oxygens (including phenoxy) is 2. The second kappa shape index (κ2) is 17.4. The third-order valence-corrected chi connectivity index (χ3v) is 24.9. The van der Waals surface area contributed by atoms with Crippen molar-refractivity contribution < 1.29 is 14.3 Å². The van der Waals surface area contributed by atoms with Gasteiger partial charge in [0.25, 0.3) is 0 Å². The van der Waals surface area contributed by atoms with Gasteiger partial charge in [-0.2, -0.15) is 0 Å². The molecule has 0 aromatic heterocycles. The second-order valence-electron chi connectivity index (χ2n) is 12.7. The summed E-state index contributed by atoms with van der Waals surface area (Å²) in [6.45, 7) is 17.9. The van der Waals surface area contributed by atoms with E-state index in [-0.39, 0.29) is 10.2 Å². The number of hydrogen-bond donors (Lipinski definition) is 0. The van der Waals surface area contributed by atoms with Gasteiger partial charge in [0.2, 0.25) is 0 Å². The normalized spacial score (nSPS) is 17.6. The molecule has 1 aliphatic heterocycles. The van der Waals surface area contributed by atoms with Crippen molar-refractivity contribution >= 4 is 36.1 Å². The van der Waals surface area contributed by atoms with E-state index in [4.69, 9.17) is 21.1 Å². The monoisotopic (exact) mass is 684 g/mol. The van der Waals surface area contributed by atoms with Gasteiger partial charge in [0.05, 0.1) is 0 Å². The van der Waals surface area contributed by atoms with Crippen molar-refractivity contribution in [2.45, 2.75) is 122 Å². The van der Waals surface area contributed by atoms with Gasteiger partial charge in [0.15, 0.2) is 0 Å². The van der Waals surface area contributed by atoms with Crippen LogP contribution in [0.1, 0.15) is 92.6 Å². The van der Waals surface area contributed by atoms with Gasteiger partial charge in [-0.3, -0.25) is 0 Å². The van der Waals surface area contributed by atoms with Gasteiger partial charge in [-0.25, -0.2) is 0 Å². The van der Waals surface area contributed by atoms with Crippen LogP contribution in [0.15, 0.2) is 42.5 Å². The Bertz CT molecular complexity index is 855. The number of carbonyl (C=O) groups excluding carboxylic acids is 1. The van der Waals surface area contributed by atoms with Gasteiger partial charge >= 0.3 is 256 Å². The summed E-state index contributed by atoms with van der Waals surface area (Å²) in [6.07, 6.45) is 11.2. The molecule has 5 nitrogen and oxygen atoms in total. The summed E-state index contributed by atoms with van der Waals surface area (Å²) in [4.78, 5) is 18.5. The van der Waals surface area contributed by atoms with Crippen LogP contribution < -0.4 is 0 Å². The summed E-state index contributed by atoms with van der Waals surface area (Å²) in [5, 5.41) is 0. The predicted molar refractivity (Wildman–Crippen MR) is 173 cm³/mol. The number of unbranched alkanes of at least 4 members (excludes halogenated alkanes) is 3. The van der Waals surface area contributed by atoms with E-state index in [9.17, 15) is 4.79 Å². The molecule has 228 valence electrons. The molecule has 1 aromatic carbocycles. The number of alkyl halides is 1. The van der Waals surface area contributed by atoms with Crippen LogP contribution in [-0.2, 0) is 16.0 Å². The van der Waals surface area contributed by atoms with Gasteiger partial charge < -0.3 is 0 Å². The van der Waals surface area contributed by atoms with Crippen molar-refractivity contribution in [1.82, 2.24) is 9.80 Å². The van der Waals surface area contributed by atoms with E-state index in [2.05, 4.69) is 75.9 Å². The van der Waals surface area contributed by atoms with Gasteiger partial charge in [0, 0.05) is 0 Å². The molecule has 40 heavy (non-hydrogen) atoms. The van der Waals surface area contributed by atoms with Crippen LogP contribution in [-0.4, -0.2) is 75.2 Å². The molecular weight excluding hydrogens is 627 g/mol. The minimum atomic E-state index is -3.02. The van der Waals surface area contributed by atoms with E-state index in [0.29, 0.717) is 12.5 Å². The quantitative estimate of drug-likeness (QED) is 0.0880. The predicted octanol–water partition coefficient (Wildman–Crippen LogP) is 9.02. The fourth-order valence-corrected chi connectivity index (χ4v) is 23.1. The fraction of sp³-hybridized carbons (Fsp3) is 0.727. The summed E-state index contributed by atoms with van der Waals surface area (Å²) in [6, 6.07) is 10.6. The summed E-state index contributed by atoms with van der Waals surface area (Å²) in [5.41, 5.74) is 0.178.